The van der Waals surface area contributed by atoms with E-state index in [1.165, 1.54) is 18.6 Å². The van der Waals surface area contributed by atoms with Crippen molar-refractivity contribution in [3.05, 3.63) is 84.4 Å². The van der Waals surface area contributed by atoms with Gasteiger partial charge in [-0.3, -0.25) is 14.6 Å². The van der Waals surface area contributed by atoms with Gasteiger partial charge in [0.1, 0.15) is 5.69 Å². The van der Waals surface area contributed by atoms with Crippen LogP contribution in [0.25, 0.3) is 11.1 Å². The Morgan fingerprint density at radius 1 is 1.07 bits per heavy atom. The predicted octanol–water partition coefficient (Wildman–Crippen LogP) is 2.96. The summed E-state index contributed by atoms with van der Waals surface area (Å²) in [5, 5.41) is 2.82. The minimum absolute atomic E-state index is 0.0418. The summed E-state index contributed by atoms with van der Waals surface area (Å²) in [6.45, 7) is 0.863. The quantitative estimate of drug-likeness (QED) is 0.715. The summed E-state index contributed by atoms with van der Waals surface area (Å²) < 4.78 is 0. The van der Waals surface area contributed by atoms with Gasteiger partial charge >= 0.3 is 0 Å². The average molecular weight is 400 g/mol. The number of hydrogen-bond donors (Lipinski definition) is 1. The third kappa shape index (κ3) is 3.81. The zero-order valence-corrected chi connectivity index (χ0v) is 16.9. The van der Waals surface area contributed by atoms with Gasteiger partial charge in [-0.1, -0.05) is 54.6 Å². The van der Waals surface area contributed by atoms with Crippen molar-refractivity contribution in [1.82, 2.24) is 20.2 Å². The molecule has 1 fully saturated rings. The molecule has 0 bridgehead atoms. The van der Waals surface area contributed by atoms with Crippen molar-refractivity contribution in [2.24, 2.45) is 5.41 Å². The first-order valence-electron chi connectivity index (χ1n) is 10.0. The summed E-state index contributed by atoms with van der Waals surface area (Å²) in [5.74, 6) is -0.231. The topological polar surface area (TPSA) is 75.2 Å². The van der Waals surface area contributed by atoms with E-state index < -0.39 is 5.41 Å². The SMILES string of the molecule is CNC(=O)C1(Cc2ccccc2-c2ccccc2)CCN(C(=O)c2cnccn2)C1. The van der Waals surface area contributed by atoms with Crippen molar-refractivity contribution in [3.63, 3.8) is 0 Å². The molecule has 3 aromatic rings. The molecule has 1 saturated heterocycles. The third-order valence-electron chi connectivity index (χ3n) is 5.76. The van der Waals surface area contributed by atoms with Crippen LogP contribution >= 0.6 is 0 Å². The van der Waals surface area contributed by atoms with Crippen molar-refractivity contribution in [1.29, 1.82) is 0 Å². The lowest BCUT2D eigenvalue weighted by molar-refractivity contribution is -0.129. The second-order valence-corrected chi connectivity index (χ2v) is 7.63. The van der Waals surface area contributed by atoms with Crippen LogP contribution in [-0.4, -0.2) is 46.8 Å². The standard InChI is InChI=1S/C24H24N4O2/c1-25-23(30)24(11-14-28(17-24)22(29)21-16-26-12-13-27-21)15-19-9-5-6-10-20(19)18-7-3-2-4-8-18/h2-10,12-13,16H,11,14-15,17H2,1H3,(H,25,30). The van der Waals surface area contributed by atoms with Gasteiger partial charge in [0.15, 0.2) is 0 Å². The highest BCUT2D eigenvalue weighted by molar-refractivity contribution is 5.93. The van der Waals surface area contributed by atoms with Gasteiger partial charge in [0.2, 0.25) is 5.91 Å². The molecule has 1 atom stereocenters. The summed E-state index contributed by atoms with van der Waals surface area (Å²) in [5.41, 5.74) is 2.94. The fraction of sp³-hybridized carbons (Fsp3) is 0.250. The lowest BCUT2D eigenvalue weighted by Crippen LogP contribution is -2.44. The number of amides is 2. The molecule has 1 N–H and O–H groups in total. The molecule has 6 nitrogen and oxygen atoms in total. The van der Waals surface area contributed by atoms with Crippen LogP contribution < -0.4 is 5.32 Å². The Balaban J connectivity index is 1.64. The summed E-state index contributed by atoms with van der Waals surface area (Å²) in [4.78, 5) is 35.7. The number of rotatable bonds is 5. The number of carbonyl (C=O) groups is 2. The Kier molecular flexibility index (Phi) is 5.57. The molecule has 0 aliphatic carbocycles. The number of nitrogens with zero attached hydrogens (tertiary/aromatic N) is 3. The molecule has 1 aromatic heterocycles. The first-order chi connectivity index (χ1) is 14.6. The van der Waals surface area contributed by atoms with Crippen LogP contribution in [0, 0.1) is 5.41 Å². The lowest BCUT2D eigenvalue weighted by atomic mass is 9.78. The zero-order chi connectivity index (χ0) is 21.0. The van der Waals surface area contributed by atoms with Crippen molar-refractivity contribution >= 4 is 11.8 Å². The summed E-state index contributed by atoms with van der Waals surface area (Å²) in [6, 6.07) is 18.3. The number of aromatic nitrogens is 2. The molecule has 1 unspecified atom stereocenters. The van der Waals surface area contributed by atoms with Crippen LogP contribution in [-0.2, 0) is 11.2 Å². The van der Waals surface area contributed by atoms with Crippen molar-refractivity contribution in [3.8, 4) is 11.1 Å². The molecule has 1 aliphatic heterocycles. The zero-order valence-electron chi connectivity index (χ0n) is 16.9. The fourth-order valence-corrected chi connectivity index (χ4v) is 4.23. The van der Waals surface area contributed by atoms with Gasteiger partial charge in [0.25, 0.3) is 5.91 Å². The van der Waals surface area contributed by atoms with E-state index in [4.69, 9.17) is 0 Å². The summed E-state index contributed by atoms with van der Waals surface area (Å²) in [6.07, 6.45) is 5.66. The Hall–Kier alpha value is -3.54. The molecular weight excluding hydrogens is 376 g/mol. The number of hydrogen-bond acceptors (Lipinski definition) is 4. The van der Waals surface area contributed by atoms with Gasteiger partial charge in [0, 0.05) is 32.5 Å². The van der Waals surface area contributed by atoms with E-state index >= 15 is 0 Å². The monoisotopic (exact) mass is 400 g/mol. The van der Waals surface area contributed by atoms with Gasteiger partial charge in [-0.05, 0) is 29.5 Å². The molecule has 0 radical (unpaired) electrons. The molecule has 2 amide bonds. The van der Waals surface area contributed by atoms with Gasteiger partial charge in [0.05, 0.1) is 11.6 Å². The smallest absolute Gasteiger partial charge is 0.274 e. The first kappa shape index (κ1) is 19.8. The molecule has 6 heteroatoms. The van der Waals surface area contributed by atoms with Crippen LogP contribution in [0.15, 0.2) is 73.2 Å². The molecule has 2 heterocycles. The lowest BCUT2D eigenvalue weighted by Gasteiger charge is -2.28. The molecule has 0 spiro atoms. The molecule has 2 aromatic carbocycles. The van der Waals surface area contributed by atoms with E-state index in [-0.39, 0.29) is 11.8 Å². The number of benzene rings is 2. The number of nitrogens with one attached hydrogen (secondary N) is 1. The maximum absolute atomic E-state index is 13.0. The van der Waals surface area contributed by atoms with E-state index in [1.54, 1.807) is 11.9 Å². The Morgan fingerprint density at radius 3 is 2.57 bits per heavy atom. The molecule has 4 rings (SSSR count). The summed E-state index contributed by atoms with van der Waals surface area (Å²) in [7, 11) is 1.65. The van der Waals surface area contributed by atoms with E-state index in [0.29, 0.717) is 31.6 Å². The van der Waals surface area contributed by atoms with Crippen LogP contribution in [0.1, 0.15) is 22.5 Å². The van der Waals surface area contributed by atoms with Crippen LogP contribution in [0.3, 0.4) is 0 Å². The van der Waals surface area contributed by atoms with Crippen molar-refractivity contribution in [2.75, 3.05) is 20.1 Å². The molecule has 30 heavy (non-hydrogen) atoms. The second-order valence-electron chi connectivity index (χ2n) is 7.63. The largest absolute Gasteiger partial charge is 0.359 e. The van der Waals surface area contributed by atoms with Crippen LogP contribution in [0.4, 0.5) is 0 Å². The molecule has 0 saturated carbocycles. The van der Waals surface area contributed by atoms with Gasteiger partial charge in [-0.15, -0.1) is 0 Å². The fourth-order valence-electron chi connectivity index (χ4n) is 4.23. The Bertz CT molecular complexity index is 1040. The van der Waals surface area contributed by atoms with Gasteiger partial charge in [-0.25, -0.2) is 4.98 Å². The summed E-state index contributed by atoms with van der Waals surface area (Å²) >= 11 is 0. The van der Waals surface area contributed by atoms with Crippen molar-refractivity contribution in [2.45, 2.75) is 12.8 Å². The minimum Gasteiger partial charge on any atom is -0.359 e. The highest BCUT2D eigenvalue weighted by atomic mass is 16.2. The Labute approximate surface area is 176 Å². The highest BCUT2D eigenvalue weighted by Gasteiger charge is 2.46. The Morgan fingerprint density at radius 2 is 1.83 bits per heavy atom. The van der Waals surface area contributed by atoms with E-state index in [0.717, 1.165) is 16.7 Å². The maximum atomic E-state index is 13.0. The first-order valence-corrected chi connectivity index (χ1v) is 10.0. The second kappa shape index (κ2) is 8.45. The number of carbonyl (C=O) groups excluding carboxylic acids is 2. The minimum atomic E-state index is -0.683. The average Bonchev–Trinajstić information content (AvgIpc) is 3.24. The predicted molar refractivity (Wildman–Crippen MR) is 115 cm³/mol. The number of likely N-dealkylation sites (tertiary alicyclic amines) is 1. The third-order valence-corrected chi connectivity index (χ3v) is 5.76. The van der Waals surface area contributed by atoms with E-state index in [9.17, 15) is 9.59 Å². The van der Waals surface area contributed by atoms with E-state index in [2.05, 4.69) is 39.6 Å². The highest BCUT2D eigenvalue weighted by Crippen LogP contribution is 2.37. The van der Waals surface area contributed by atoms with Crippen LogP contribution in [0.5, 0.6) is 0 Å². The van der Waals surface area contributed by atoms with Crippen molar-refractivity contribution < 1.29 is 9.59 Å². The molecule has 1 aliphatic rings. The van der Waals surface area contributed by atoms with Crippen LogP contribution in [0.2, 0.25) is 0 Å². The van der Waals surface area contributed by atoms with Gasteiger partial charge < -0.3 is 10.2 Å². The van der Waals surface area contributed by atoms with Gasteiger partial charge in [-0.2, -0.15) is 0 Å². The molecular formula is C24H24N4O2. The van der Waals surface area contributed by atoms with E-state index in [1.807, 2.05) is 30.3 Å². The molecule has 152 valence electrons. The normalized spacial score (nSPS) is 18.2. The maximum Gasteiger partial charge on any atom is 0.274 e.